The minimum absolute atomic E-state index is 0.0785. The highest BCUT2D eigenvalue weighted by Crippen LogP contribution is 2.23. The molecule has 0 amide bonds. The zero-order valence-corrected chi connectivity index (χ0v) is 8.97. The monoisotopic (exact) mass is 200 g/mol. The molecule has 0 radical (unpaired) electrons. The van der Waals surface area contributed by atoms with Crippen LogP contribution in [0.2, 0.25) is 0 Å². The van der Waals surface area contributed by atoms with Gasteiger partial charge in [0.05, 0.1) is 0 Å². The van der Waals surface area contributed by atoms with E-state index in [2.05, 4.69) is 12.1 Å². The number of nitrogens with zero attached hydrogens (tertiary/aromatic N) is 1. The standard InChI is InChI=1S/C13H14NO/c1-10-8-13(9-11(2)14(10)15)12-6-4-3-5-7-12/h3-10H,1-2H3/q+1. The highest BCUT2D eigenvalue weighted by Gasteiger charge is 2.25. The Morgan fingerprint density at radius 2 is 1.87 bits per heavy atom. The SMILES string of the molecule is CC1=CC(c2ccccc2)=CC(C)[N+]1=O. The van der Waals surface area contributed by atoms with Crippen LogP contribution in [-0.2, 0) is 0 Å². The van der Waals surface area contributed by atoms with Crippen molar-refractivity contribution < 1.29 is 4.76 Å². The van der Waals surface area contributed by atoms with E-state index in [9.17, 15) is 4.91 Å². The molecule has 1 aliphatic rings. The Bertz CT molecular complexity index is 443. The molecule has 2 rings (SSSR count). The summed E-state index contributed by atoms with van der Waals surface area (Å²) in [6, 6.07) is 10.0. The van der Waals surface area contributed by atoms with E-state index in [1.54, 1.807) is 0 Å². The van der Waals surface area contributed by atoms with Crippen molar-refractivity contribution in [2.75, 3.05) is 0 Å². The molecule has 1 unspecified atom stereocenters. The number of hydrogen-bond donors (Lipinski definition) is 0. The Labute approximate surface area is 89.5 Å². The summed E-state index contributed by atoms with van der Waals surface area (Å²) < 4.78 is 1.03. The minimum Gasteiger partial charge on any atom is -0.0622 e. The molecular weight excluding hydrogens is 186 g/mol. The summed E-state index contributed by atoms with van der Waals surface area (Å²) in [6.07, 6.45) is 3.93. The first-order valence-corrected chi connectivity index (χ1v) is 5.10. The van der Waals surface area contributed by atoms with Crippen LogP contribution in [-0.4, -0.2) is 10.8 Å². The molecule has 0 saturated carbocycles. The van der Waals surface area contributed by atoms with E-state index in [0.717, 1.165) is 21.6 Å². The molecule has 0 saturated heterocycles. The predicted molar refractivity (Wildman–Crippen MR) is 61.3 cm³/mol. The first kappa shape index (κ1) is 9.84. The summed E-state index contributed by atoms with van der Waals surface area (Å²) in [5.41, 5.74) is 3.06. The predicted octanol–water partition coefficient (Wildman–Crippen LogP) is 3.15. The van der Waals surface area contributed by atoms with Gasteiger partial charge in [-0.3, -0.25) is 0 Å². The second-order valence-corrected chi connectivity index (χ2v) is 3.84. The normalized spacial score (nSPS) is 20.9. The molecule has 76 valence electrons. The molecule has 1 heterocycles. The lowest BCUT2D eigenvalue weighted by Gasteiger charge is -2.09. The third-order valence-electron chi connectivity index (χ3n) is 2.61. The maximum Gasteiger partial charge on any atom is 0.231 e. The zero-order chi connectivity index (χ0) is 10.8. The molecule has 2 heteroatoms. The fraction of sp³-hybridized carbons (Fsp3) is 0.231. The highest BCUT2D eigenvalue weighted by atomic mass is 16.3. The van der Waals surface area contributed by atoms with E-state index in [1.165, 1.54) is 0 Å². The summed E-state index contributed by atoms with van der Waals surface area (Å²) in [5.74, 6) is 0. The van der Waals surface area contributed by atoms with E-state index < -0.39 is 0 Å². The van der Waals surface area contributed by atoms with E-state index in [1.807, 2.05) is 44.2 Å². The lowest BCUT2D eigenvalue weighted by molar-refractivity contribution is -0.523. The minimum atomic E-state index is -0.0785. The number of nitroso groups, excluding NO2 is 1. The van der Waals surface area contributed by atoms with Gasteiger partial charge >= 0.3 is 0 Å². The number of rotatable bonds is 1. The second-order valence-electron chi connectivity index (χ2n) is 3.84. The first-order valence-electron chi connectivity index (χ1n) is 5.10. The lowest BCUT2D eigenvalue weighted by Crippen LogP contribution is -2.20. The van der Waals surface area contributed by atoms with Gasteiger partial charge in [0.25, 0.3) is 0 Å². The molecule has 0 bridgehead atoms. The van der Waals surface area contributed by atoms with Crippen molar-refractivity contribution in [2.24, 2.45) is 0 Å². The number of benzene rings is 1. The fourth-order valence-electron chi connectivity index (χ4n) is 1.80. The van der Waals surface area contributed by atoms with Crippen LogP contribution in [0.15, 0.2) is 48.2 Å². The Morgan fingerprint density at radius 1 is 1.20 bits per heavy atom. The van der Waals surface area contributed by atoms with Gasteiger partial charge in [-0.25, -0.2) is 0 Å². The third-order valence-corrected chi connectivity index (χ3v) is 2.61. The Balaban J connectivity index is 2.41. The van der Waals surface area contributed by atoms with Gasteiger partial charge in [-0.2, -0.15) is 0 Å². The molecule has 1 aromatic rings. The Morgan fingerprint density at radius 3 is 2.47 bits per heavy atom. The van der Waals surface area contributed by atoms with Gasteiger partial charge in [-0.15, -0.1) is 0 Å². The van der Waals surface area contributed by atoms with Gasteiger partial charge in [-0.05, 0) is 17.2 Å². The van der Waals surface area contributed by atoms with Crippen LogP contribution >= 0.6 is 0 Å². The van der Waals surface area contributed by atoms with Crippen molar-refractivity contribution >= 4 is 5.57 Å². The molecule has 0 aromatic heterocycles. The Kier molecular flexibility index (Phi) is 2.50. The van der Waals surface area contributed by atoms with E-state index >= 15 is 0 Å². The molecule has 2 nitrogen and oxygen atoms in total. The largest absolute Gasteiger partial charge is 0.231 e. The second kappa shape index (κ2) is 3.81. The molecule has 0 spiro atoms. The van der Waals surface area contributed by atoms with Crippen molar-refractivity contribution in [3.8, 4) is 0 Å². The maximum atomic E-state index is 11.5. The van der Waals surface area contributed by atoms with Crippen molar-refractivity contribution in [3.63, 3.8) is 0 Å². The first-order chi connectivity index (χ1) is 7.18. The van der Waals surface area contributed by atoms with Gasteiger partial charge in [0, 0.05) is 29.6 Å². The smallest absolute Gasteiger partial charge is 0.0622 e. The zero-order valence-electron chi connectivity index (χ0n) is 8.97. The van der Waals surface area contributed by atoms with E-state index in [4.69, 9.17) is 0 Å². The molecular formula is C13H14NO+. The van der Waals surface area contributed by atoms with Crippen LogP contribution < -0.4 is 0 Å². The third kappa shape index (κ3) is 1.89. The quantitative estimate of drug-likeness (QED) is 0.637. The molecule has 1 atom stereocenters. The van der Waals surface area contributed by atoms with E-state index in [-0.39, 0.29) is 6.04 Å². The summed E-state index contributed by atoms with van der Waals surface area (Å²) in [4.78, 5) is 11.5. The molecule has 1 aliphatic heterocycles. The van der Waals surface area contributed by atoms with E-state index in [0.29, 0.717) is 0 Å². The number of allylic oxidation sites excluding steroid dienone is 3. The maximum absolute atomic E-state index is 11.5. The lowest BCUT2D eigenvalue weighted by atomic mass is 10.00. The summed E-state index contributed by atoms with van der Waals surface area (Å²) >= 11 is 0. The molecule has 0 N–H and O–H groups in total. The molecule has 0 aliphatic carbocycles. The van der Waals surface area contributed by atoms with Gasteiger partial charge in [0.2, 0.25) is 11.7 Å². The van der Waals surface area contributed by atoms with Crippen molar-refractivity contribution in [1.82, 2.24) is 0 Å². The van der Waals surface area contributed by atoms with Crippen molar-refractivity contribution in [1.29, 1.82) is 0 Å². The van der Waals surface area contributed by atoms with Gasteiger partial charge < -0.3 is 0 Å². The van der Waals surface area contributed by atoms with Crippen LogP contribution in [0, 0.1) is 4.91 Å². The molecule has 15 heavy (non-hydrogen) atoms. The topological polar surface area (TPSA) is 20.1 Å². The number of hydrogen-bond acceptors (Lipinski definition) is 1. The molecule has 0 fully saturated rings. The van der Waals surface area contributed by atoms with Crippen LogP contribution in [0.5, 0.6) is 0 Å². The van der Waals surface area contributed by atoms with Gasteiger partial charge in [0.15, 0.2) is 0 Å². The van der Waals surface area contributed by atoms with Crippen molar-refractivity contribution in [3.05, 3.63) is 58.7 Å². The highest BCUT2D eigenvalue weighted by molar-refractivity contribution is 5.75. The summed E-state index contributed by atoms with van der Waals surface area (Å²) in [7, 11) is 0. The van der Waals surface area contributed by atoms with Crippen LogP contribution in [0.3, 0.4) is 0 Å². The Hall–Kier alpha value is -1.70. The summed E-state index contributed by atoms with van der Waals surface area (Å²) in [6.45, 7) is 3.76. The average Bonchev–Trinajstić information content (AvgIpc) is 2.26. The fourth-order valence-corrected chi connectivity index (χ4v) is 1.80. The van der Waals surface area contributed by atoms with Crippen LogP contribution in [0.1, 0.15) is 19.4 Å². The van der Waals surface area contributed by atoms with Crippen LogP contribution in [0.25, 0.3) is 5.57 Å². The van der Waals surface area contributed by atoms with Crippen molar-refractivity contribution in [2.45, 2.75) is 19.9 Å². The average molecular weight is 200 g/mol. The van der Waals surface area contributed by atoms with Gasteiger partial charge in [0.1, 0.15) is 0 Å². The van der Waals surface area contributed by atoms with Crippen LogP contribution in [0.4, 0.5) is 0 Å². The summed E-state index contributed by atoms with van der Waals surface area (Å²) in [5, 5.41) is 0. The molecule has 1 aromatic carbocycles. The van der Waals surface area contributed by atoms with Gasteiger partial charge in [-0.1, -0.05) is 30.3 Å².